The van der Waals surface area contributed by atoms with Gasteiger partial charge in [0, 0.05) is 6.61 Å². The van der Waals surface area contributed by atoms with Gasteiger partial charge < -0.3 is 4.74 Å². The van der Waals surface area contributed by atoms with Crippen LogP contribution >= 0.6 is 11.7 Å². The molecule has 1 aromatic heterocycles. The first kappa shape index (κ1) is 11.5. The van der Waals surface area contributed by atoms with E-state index in [4.69, 9.17) is 10.6 Å². The minimum Gasteiger partial charge on any atom is -0.375 e. The van der Waals surface area contributed by atoms with Gasteiger partial charge in [0.05, 0.1) is 35.3 Å². The minimum absolute atomic E-state index is 0.120. The summed E-state index contributed by atoms with van der Waals surface area (Å²) in [5.74, 6) is 6.20. The van der Waals surface area contributed by atoms with E-state index in [2.05, 4.69) is 14.2 Å². The van der Waals surface area contributed by atoms with E-state index in [-0.39, 0.29) is 11.6 Å². The van der Waals surface area contributed by atoms with Crippen molar-refractivity contribution in [2.45, 2.75) is 43.7 Å². The largest absolute Gasteiger partial charge is 0.375 e. The van der Waals surface area contributed by atoms with Crippen LogP contribution in [0.25, 0.3) is 0 Å². The first-order valence-corrected chi connectivity index (χ1v) is 6.94. The van der Waals surface area contributed by atoms with Crippen LogP contribution in [0.4, 0.5) is 0 Å². The second kappa shape index (κ2) is 4.61. The van der Waals surface area contributed by atoms with Crippen LogP contribution in [0.3, 0.4) is 0 Å². The Labute approximate surface area is 105 Å². The molecule has 1 saturated carbocycles. The number of rotatable bonds is 3. The Morgan fingerprint density at radius 1 is 1.59 bits per heavy atom. The lowest BCUT2D eigenvalue weighted by Crippen LogP contribution is -2.48. The normalized spacial score (nSPS) is 28.9. The van der Waals surface area contributed by atoms with Crippen LogP contribution in [0.2, 0.25) is 0 Å². The second-order valence-electron chi connectivity index (χ2n) is 5.11. The van der Waals surface area contributed by atoms with Gasteiger partial charge in [-0.2, -0.15) is 8.75 Å². The van der Waals surface area contributed by atoms with Crippen molar-refractivity contribution in [3.05, 3.63) is 11.9 Å². The smallest absolute Gasteiger partial charge is 0.0928 e. The van der Waals surface area contributed by atoms with E-state index in [0.717, 1.165) is 25.1 Å². The van der Waals surface area contributed by atoms with Crippen molar-refractivity contribution < 1.29 is 4.74 Å². The number of hydrogen-bond donors (Lipinski definition) is 2. The van der Waals surface area contributed by atoms with Crippen molar-refractivity contribution in [2.24, 2.45) is 11.8 Å². The molecule has 1 spiro atoms. The third kappa shape index (κ3) is 2.10. The van der Waals surface area contributed by atoms with Crippen LogP contribution in [0, 0.1) is 5.92 Å². The molecule has 6 heteroatoms. The molecule has 1 aliphatic carbocycles. The van der Waals surface area contributed by atoms with Crippen LogP contribution in [0.5, 0.6) is 0 Å². The summed E-state index contributed by atoms with van der Waals surface area (Å²) < 4.78 is 14.3. The lowest BCUT2D eigenvalue weighted by Gasteiger charge is -2.48. The maximum Gasteiger partial charge on any atom is 0.0928 e. The zero-order valence-corrected chi connectivity index (χ0v) is 10.6. The fourth-order valence-electron chi connectivity index (χ4n) is 3.04. The van der Waals surface area contributed by atoms with E-state index < -0.39 is 0 Å². The highest BCUT2D eigenvalue weighted by atomic mass is 32.1. The molecule has 2 unspecified atom stereocenters. The Hall–Kier alpha value is -0.560. The van der Waals surface area contributed by atoms with Crippen molar-refractivity contribution >= 4 is 11.7 Å². The average molecular weight is 254 g/mol. The molecular weight excluding hydrogens is 236 g/mol. The number of hydrogen-bond acceptors (Lipinski definition) is 6. The van der Waals surface area contributed by atoms with E-state index in [1.807, 2.05) is 6.20 Å². The number of ether oxygens (including phenoxy) is 1. The Balaban J connectivity index is 1.73. The molecule has 2 aliphatic rings. The van der Waals surface area contributed by atoms with E-state index in [9.17, 15) is 0 Å². The highest BCUT2D eigenvalue weighted by Crippen LogP contribution is 2.46. The van der Waals surface area contributed by atoms with Crippen LogP contribution < -0.4 is 11.3 Å². The molecule has 1 saturated heterocycles. The predicted octanol–water partition coefficient (Wildman–Crippen LogP) is 1.39. The van der Waals surface area contributed by atoms with Crippen LogP contribution in [-0.2, 0) is 4.74 Å². The first-order chi connectivity index (χ1) is 8.33. The Morgan fingerprint density at radius 3 is 3.06 bits per heavy atom. The van der Waals surface area contributed by atoms with Crippen molar-refractivity contribution in [1.82, 2.24) is 14.2 Å². The van der Waals surface area contributed by atoms with Gasteiger partial charge in [-0.3, -0.25) is 11.3 Å². The summed E-state index contributed by atoms with van der Waals surface area (Å²) in [5.41, 5.74) is 4.03. The van der Waals surface area contributed by atoms with Crippen LogP contribution in [-0.4, -0.2) is 21.0 Å². The van der Waals surface area contributed by atoms with Crippen LogP contribution in [0.15, 0.2) is 6.20 Å². The van der Waals surface area contributed by atoms with Gasteiger partial charge in [-0.05, 0) is 38.0 Å². The van der Waals surface area contributed by atoms with Gasteiger partial charge in [0.15, 0.2) is 0 Å². The number of nitrogens with zero attached hydrogens (tertiary/aromatic N) is 2. The van der Waals surface area contributed by atoms with Crippen LogP contribution in [0.1, 0.15) is 43.8 Å². The summed E-state index contributed by atoms with van der Waals surface area (Å²) in [6, 6.07) is 0.120. The summed E-state index contributed by atoms with van der Waals surface area (Å²) in [6.45, 7) is 0.848. The predicted molar refractivity (Wildman–Crippen MR) is 65.2 cm³/mol. The maximum atomic E-state index is 5.94. The Morgan fingerprint density at radius 2 is 2.47 bits per heavy atom. The fraction of sp³-hybridized carbons (Fsp3) is 0.818. The molecule has 2 atom stereocenters. The first-order valence-electron chi connectivity index (χ1n) is 6.20. The van der Waals surface area contributed by atoms with Crippen molar-refractivity contribution in [3.63, 3.8) is 0 Å². The molecule has 3 rings (SSSR count). The zero-order chi connectivity index (χ0) is 11.7. The molecule has 94 valence electrons. The average Bonchev–Trinajstić information content (AvgIpc) is 2.82. The van der Waals surface area contributed by atoms with Gasteiger partial charge in [-0.25, -0.2) is 0 Å². The van der Waals surface area contributed by atoms with Gasteiger partial charge in [0.2, 0.25) is 0 Å². The van der Waals surface area contributed by atoms with Gasteiger partial charge in [-0.1, -0.05) is 0 Å². The molecule has 1 aromatic rings. The zero-order valence-electron chi connectivity index (χ0n) is 9.76. The molecule has 3 N–H and O–H groups in total. The third-order valence-corrected chi connectivity index (χ3v) is 4.64. The summed E-state index contributed by atoms with van der Waals surface area (Å²) in [6.07, 6.45) is 7.67. The van der Waals surface area contributed by atoms with Gasteiger partial charge in [-0.15, -0.1) is 0 Å². The summed E-state index contributed by atoms with van der Waals surface area (Å²) >= 11 is 1.24. The topological polar surface area (TPSA) is 73.1 Å². The van der Waals surface area contributed by atoms with Gasteiger partial charge >= 0.3 is 0 Å². The summed E-state index contributed by atoms with van der Waals surface area (Å²) in [4.78, 5) is 0. The molecule has 2 fully saturated rings. The Bertz CT molecular complexity index is 366. The third-order valence-electron chi connectivity index (χ3n) is 4.14. The molecule has 0 aromatic carbocycles. The monoisotopic (exact) mass is 254 g/mol. The highest BCUT2D eigenvalue weighted by Gasteiger charge is 2.44. The van der Waals surface area contributed by atoms with E-state index >= 15 is 0 Å². The highest BCUT2D eigenvalue weighted by molar-refractivity contribution is 6.99. The van der Waals surface area contributed by atoms with Gasteiger partial charge in [0.25, 0.3) is 0 Å². The van der Waals surface area contributed by atoms with Crippen molar-refractivity contribution in [3.8, 4) is 0 Å². The van der Waals surface area contributed by atoms with E-state index in [0.29, 0.717) is 5.92 Å². The number of hydrazine groups is 1. The number of nitrogens with one attached hydrogen (secondary N) is 1. The number of nitrogens with two attached hydrogens (primary N) is 1. The molecule has 1 aliphatic heterocycles. The van der Waals surface area contributed by atoms with Crippen molar-refractivity contribution in [1.29, 1.82) is 0 Å². The SMILES string of the molecule is NNC(c1cnsn1)C1CCOC2(CCC2)C1. The second-order valence-corrected chi connectivity index (χ2v) is 5.67. The lowest BCUT2D eigenvalue weighted by atomic mass is 9.70. The Kier molecular flexibility index (Phi) is 3.12. The van der Waals surface area contributed by atoms with E-state index in [1.54, 1.807) is 0 Å². The fourth-order valence-corrected chi connectivity index (χ4v) is 3.50. The quantitative estimate of drug-likeness (QED) is 0.630. The van der Waals surface area contributed by atoms with E-state index in [1.165, 1.54) is 31.0 Å². The van der Waals surface area contributed by atoms with Crippen molar-refractivity contribution in [2.75, 3.05) is 6.61 Å². The lowest BCUT2D eigenvalue weighted by molar-refractivity contribution is -0.147. The molecule has 5 nitrogen and oxygen atoms in total. The molecule has 0 radical (unpaired) electrons. The molecule has 0 amide bonds. The van der Waals surface area contributed by atoms with Gasteiger partial charge in [0.1, 0.15) is 0 Å². The molecule has 2 heterocycles. The minimum atomic E-state index is 0.120. The number of aromatic nitrogens is 2. The summed E-state index contributed by atoms with van der Waals surface area (Å²) in [7, 11) is 0. The molecular formula is C11H18N4OS. The maximum absolute atomic E-state index is 5.94. The standard InChI is InChI=1S/C11H18N4OS/c12-14-10(9-7-13-17-15-9)8-2-5-16-11(6-8)3-1-4-11/h7-8,10,14H,1-6,12H2. The summed E-state index contributed by atoms with van der Waals surface area (Å²) in [5, 5.41) is 0. The molecule has 0 bridgehead atoms. The molecule has 17 heavy (non-hydrogen) atoms.